The predicted octanol–water partition coefficient (Wildman–Crippen LogP) is 6.50. The lowest BCUT2D eigenvalue weighted by Crippen LogP contribution is -2.07. The summed E-state index contributed by atoms with van der Waals surface area (Å²) in [6.07, 6.45) is 3.29. The second-order valence-electron chi connectivity index (χ2n) is 7.46. The highest BCUT2D eigenvalue weighted by Crippen LogP contribution is 2.18. The van der Waals surface area contributed by atoms with E-state index in [2.05, 4.69) is 5.32 Å². The van der Waals surface area contributed by atoms with Crippen LogP contribution >= 0.6 is 0 Å². The fourth-order valence-corrected chi connectivity index (χ4v) is 3.15. The minimum absolute atomic E-state index is 0.197. The van der Waals surface area contributed by atoms with Crippen LogP contribution in [-0.2, 0) is 18.0 Å². The van der Waals surface area contributed by atoms with Crippen molar-refractivity contribution in [3.63, 3.8) is 0 Å². The Morgan fingerprint density at radius 2 is 1.12 bits per heavy atom. The van der Waals surface area contributed by atoms with E-state index < -0.39 is 0 Å². The summed E-state index contributed by atoms with van der Waals surface area (Å²) in [6.45, 7) is 1.03. The highest BCUT2D eigenvalue weighted by atomic mass is 16.5. The Hall–Kier alpha value is -4.31. The van der Waals surface area contributed by atoms with Crippen LogP contribution in [0.4, 0.5) is 5.69 Å². The molecule has 33 heavy (non-hydrogen) atoms. The number of hydrogen-bond donors (Lipinski definition) is 1. The zero-order chi connectivity index (χ0) is 22.7. The van der Waals surface area contributed by atoms with Crippen LogP contribution in [-0.4, -0.2) is 5.91 Å². The molecule has 0 aliphatic carbocycles. The summed E-state index contributed by atoms with van der Waals surface area (Å²) in [7, 11) is 0. The molecule has 0 saturated carbocycles. The summed E-state index contributed by atoms with van der Waals surface area (Å²) in [5.74, 6) is 1.34. The first-order valence-corrected chi connectivity index (χ1v) is 10.8. The topological polar surface area (TPSA) is 47.6 Å². The van der Waals surface area contributed by atoms with Gasteiger partial charge >= 0.3 is 0 Å². The Morgan fingerprint density at radius 1 is 0.636 bits per heavy atom. The molecular weight excluding hydrogens is 410 g/mol. The van der Waals surface area contributed by atoms with Crippen LogP contribution in [0.3, 0.4) is 0 Å². The number of ether oxygens (including phenoxy) is 2. The van der Waals surface area contributed by atoms with Crippen molar-refractivity contribution >= 4 is 17.7 Å². The average Bonchev–Trinajstić information content (AvgIpc) is 2.88. The normalized spacial score (nSPS) is 10.7. The predicted molar refractivity (Wildman–Crippen MR) is 132 cm³/mol. The van der Waals surface area contributed by atoms with E-state index in [0.29, 0.717) is 18.9 Å². The number of carbonyl (C=O) groups excluding carboxylic acids is 1. The molecule has 0 aromatic heterocycles. The monoisotopic (exact) mass is 435 g/mol. The Morgan fingerprint density at radius 3 is 1.64 bits per heavy atom. The van der Waals surface area contributed by atoms with Crippen molar-refractivity contribution in [1.29, 1.82) is 0 Å². The molecule has 0 heterocycles. The van der Waals surface area contributed by atoms with Crippen molar-refractivity contribution in [2.45, 2.75) is 13.2 Å². The van der Waals surface area contributed by atoms with Gasteiger partial charge in [0.1, 0.15) is 24.7 Å². The van der Waals surface area contributed by atoms with Crippen molar-refractivity contribution in [2.24, 2.45) is 0 Å². The van der Waals surface area contributed by atoms with Gasteiger partial charge in [-0.25, -0.2) is 0 Å². The summed E-state index contributed by atoms with van der Waals surface area (Å²) >= 11 is 0. The van der Waals surface area contributed by atoms with Gasteiger partial charge in [0.05, 0.1) is 0 Å². The standard InChI is InChI=1S/C29H25NO3/c31-29(30-26-14-18-28(19-15-26)33-22-25-9-5-2-6-10-25)20-13-23-11-16-27(17-12-23)32-21-24-7-3-1-4-8-24/h1-20H,21-22H2,(H,30,31)/b20-13+. The number of rotatable bonds is 9. The van der Waals surface area contributed by atoms with Crippen molar-refractivity contribution in [3.8, 4) is 11.5 Å². The van der Waals surface area contributed by atoms with E-state index in [4.69, 9.17) is 9.47 Å². The van der Waals surface area contributed by atoms with Gasteiger partial charge in [0.15, 0.2) is 0 Å². The third kappa shape index (κ3) is 7.11. The lowest BCUT2D eigenvalue weighted by molar-refractivity contribution is -0.111. The highest BCUT2D eigenvalue weighted by molar-refractivity contribution is 6.01. The van der Waals surface area contributed by atoms with E-state index in [9.17, 15) is 4.79 Å². The van der Waals surface area contributed by atoms with Crippen LogP contribution in [0.2, 0.25) is 0 Å². The largest absolute Gasteiger partial charge is 0.489 e. The second kappa shape index (κ2) is 11.3. The number of amides is 1. The van der Waals surface area contributed by atoms with Gasteiger partial charge in [0, 0.05) is 11.8 Å². The smallest absolute Gasteiger partial charge is 0.248 e. The van der Waals surface area contributed by atoms with E-state index in [1.54, 1.807) is 6.08 Å². The highest BCUT2D eigenvalue weighted by Gasteiger charge is 2.01. The van der Waals surface area contributed by atoms with E-state index in [0.717, 1.165) is 28.2 Å². The summed E-state index contributed by atoms with van der Waals surface area (Å²) in [5, 5.41) is 2.86. The Kier molecular flexibility index (Phi) is 7.53. The third-order valence-electron chi connectivity index (χ3n) is 4.93. The lowest BCUT2D eigenvalue weighted by atomic mass is 10.2. The Balaban J connectivity index is 1.23. The van der Waals surface area contributed by atoms with Crippen molar-refractivity contribution in [3.05, 3.63) is 132 Å². The third-order valence-corrected chi connectivity index (χ3v) is 4.93. The zero-order valence-electron chi connectivity index (χ0n) is 18.2. The fourth-order valence-electron chi connectivity index (χ4n) is 3.15. The second-order valence-corrected chi connectivity index (χ2v) is 7.46. The van der Waals surface area contributed by atoms with E-state index in [1.807, 2.05) is 109 Å². The molecule has 4 nitrogen and oxygen atoms in total. The van der Waals surface area contributed by atoms with Crippen LogP contribution in [0.1, 0.15) is 16.7 Å². The number of anilines is 1. The van der Waals surface area contributed by atoms with Crippen LogP contribution in [0, 0.1) is 0 Å². The van der Waals surface area contributed by atoms with Gasteiger partial charge in [-0.2, -0.15) is 0 Å². The minimum Gasteiger partial charge on any atom is -0.489 e. The molecule has 4 aromatic rings. The molecular formula is C29H25NO3. The molecule has 0 radical (unpaired) electrons. The van der Waals surface area contributed by atoms with Crippen molar-refractivity contribution in [1.82, 2.24) is 0 Å². The van der Waals surface area contributed by atoms with Crippen molar-refractivity contribution < 1.29 is 14.3 Å². The summed E-state index contributed by atoms with van der Waals surface area (Å²) in [6, 6.07) is 35.0. The molecule has 0 unspecified atom stereocenters. The molecule has 0 fully saturated rings. The molecule has 164 valence electrons. The van der Waals surface area contributed by atoms with Crippen LogP contribution < -0.4 is 14.8 Å². The number of hydrogen-bond acceptors (Lipinski definition) is 3. The molecule has 4 aromatic carbocycles. The number of benzene rings is 4. The first kappa shape index (κ1) is 21.9. The SMILES string of the molecule is O=C(/C=C/c1ccc(OCc2ccccc2)cc1)Nc1ccc(OCc2ccccc2)cc1. The summed E-state index contributed by atoms with van der Waals surface area (Å²) in [4.78, 5) is 12.3. The number of nitrogens with one attached hydrogen (secondary N) is 1. The maximum absolute atomic E-state index is 12.3. The van der Waals surface area contributed by atoms with Crippen molar-refractivity contribution in [2.75, 3.05) is 5.32 Å². The zero-order valence-corrected chi connectivity index (χ0v) is 18.2. The van der Waals surface area contributed by atoms with Gasteiger partial charge in [-0.3, -0.25) is 4.79 Å². The molecule has 0 atom stereocenters. The van der Waals surface area contributed by atoms with Gasteiger partial charge in [0.25, 0.3) is 0 Å². The maximum atomic E-state index is 12.3. The number of carbonyl (C=O) groups is 1. The van der Waals surface area contributed by atoms with Crippen LogP contribution in [0.15, 0.2) is 115 Å². The first-order valence-electron chi connectivity index (χ1n) is 10.8. The summed E-state index contributed by atoms with van der Waals surface area (Å²) in [5.41, 5.74) is 3.85. The Labute approximate surface area is 194 Å². The molecule has 0 saturated heterocycles. The minimum atomic E-state index is -0.197. The van der Waals surface area contributed by atoms with E-state index in [1.165, 1.54) is 6.08 Å². The van der Waals surface area contributed by atoms with Gasteiger partial charge in [0.2, 0.25) is 5.91 Å². The molecule has 0 aliphatic heterocycles. The lowest BCUT2D eigenvalue weighted by Gasteiger charge is -2.08. The average molecular weight is 436 g/mol. The van der Waals surface area contributed by atoms with Crippen LogP contribution in [0.25, 0.3) is 6.08 Å². The van der Waals surface area contributed by atoms with Gasteiger partial charge in [-0.05, 0) is 59.2 Å². The Bertz CT molecular complexity index is 1170. The van der Waals surface area contributed by atoms with E-state index in [-0.39, 0.29) is 5.91 Å². The molecule has 0 spiro atoms. The maximum Gasteiger partial charge on any atom is 0.248 e. The quantitative estimate of drug-likeness (QED) is 0.305. The molecule has 1 N–H and O–H groups in total. The first-order chi connectivity index (χ1) is 16.2. The van der Waals surface area contributed by atoms with E-state index >= 15 is 0 Å². The molecule has 0 aliphatic rings. The van der Waals surface area contributed by atoms with Crippen LogP contribution in [0.5, 0.6) is 11.5 Å². The molecule has 4 rings (SSSR count). The summed E-state index contributed by atoms with van der Waals surface area (Å²) < 4.78 is 11.6. The molecule has 4 heteroatoms. The van der Waals surface area contributed by atoms with Gasteiger partial charge in [-0.1, -0.05) is 72.8 Å². The molecule has 1 amide bonds. The van der Waals surface area contributed by atoms with Gasteiger partial charge in [-0.15, -0.1) is 0 Å². The fraction of sp³-hybridized carbons (Fsp3) is 0.0690. The van der Waals surface area contributed by atoms with Gasteiger partial charge < -0.3 is 14.8 Å². The molecule has 0 bridgehead atoms.